The van der Waals surface area contributed by atoms with Gasteiger partial charge in [-0.1, -0.05) is 13.8 Å². The molecule has 0 aromatic heterocycles. The fourth-order valence-corrected chi connectivity index (χ4v) is 8.45. The van der Waals surface area contributed by atoms with E-state index in [0.717, 1.165) is 0 Å². The Morgan fingerprint density at radius 3 is 1.45 bits per heavy atom. The highest BCUT2D eigenvalue weighted by atomic mass is 31.2. The van der Waals surface area contributed by atoms with Crippen LogP contribution in [0.4, 0.5) is 0 Å². The monoisotopic (exact) mass is 328 g/mol. The summed E-state index contributed by atoms with van der Waals surface area (Å²) in [4.78, 5) is 0. The Morgan fingerprint density at radius 1 is 0.850 bits per heavy atom. The van der Waals surface area contributed by atoms with Crippen molar-refractivity contribution in [2.24, 2.45) is 0 Å². The first-order valence-electron chi connectivity index (χ1n) is 7.26. The third-order valence-electron chi connectivity index (χ3n) is 2.77. The van der Waals surface area contributed by atoms with Gasteiger partial charge in [0.2, 0.25) is 0 Å². The molecule has 0 atom stereocenters. The van der Waals surface area contributed by atoms with Crippen LogP contribution in [0, 0.1) is 0 Å². The lowest BCUT2D eigenvalue weighted by Gasteiger charge is -2.33. The van der Waals surface area contributed by atoms with Crippen LogP contribution in [0.25, 0.3) is 0 Å². The first kappa shape index (κ1) is 20.4. The zero-order chi connectivity index (χ0) is 15.8. The lowest BCUT2D eigenvalue weighted by atomic mass is 10.6. The second-order valence-electron chi connectivity index (χ2n) is 4.41. The highest BCUT2D eigenvalue weighted by Gasteiger charge is 2.38. The van der Waals surface area contributed by atoms with Crippen LogP contribution in [0.5, 0.6) is 0 Å². The van der Waals surface area contributed by atoms with Gasteiger partial charge >= 0.3 is 7.60 Å². The summed E-state index contributed by atoms with van der Waals surface area (Å²) in [6.45, 7) is 14.9. The molecule has 0 spiro atoms. The molecule has 0 bridgehead atoms. The maximum atomic E-state index is 13.0. The van der Waals surface area contributed by atoms with Crippen LogP contribution in [0.1, 0.15) is 48.5 Å². The predicted octanol–water partition coefficient (Wildman–Crippen LogP) is 4.73. The van der Waals surface area contributed by atoms with E-state index in [2.05, 4.69) is 0 Å². The van der Waals surface area contributed by atoms with E-state index in [-0.39, 0.29) is 5.66 Å². The maximum absolute atomic E-state index is 13.0. The van der Waals surface area contributed by atoms with Gasteiger partial charge in [-0.15, -0.1) is 0 Å². The normalized spacial score (nSPS) is 13.0. The SMILES string of the molecule is CCOP(=O)(OCC)C(C)=P(OCC)(OCC)C(C)C. The molecule has 0 N–H and O–H groups in total. The van der Waals surface area contributed by atoms with Crippen LogP contribution in [0.15, 0.2) is 0 Å². The molecule has 0 heterocycles. The van der Waals surface area contributed by atoms with E-state index in [1.807, 2.05) is 27.7 Å². The highest BCUT2D eigenvalue weighted by molar-refractivity contribution is 7.90. The number of hydrogen-bond donors (Lipinski definition) is 0. The topological polar surface area (TPSA) is 54.0 Å². The Kier molecular flexibility index (Phi) is 9.57. The van der Waals surface area contributed by atoms with E-state index < -0.39 is 14.9 Å². The quantitative estimate of drug-likeness (QED) is 0.543. The Morgan fingerprint density at radius 2 is 1.20 bits per heavy atom. The maximum Gasteiger partial charge on any atom is 0.361 e. The molecule has 122 valence electrons. The van der Waals surface area contributed by atoms with E-state index in [0.29, 0.717) is 31.5 Å². The van der Waals surface area contributed by atoms with Crippen molar-refractivity contribution in [1.29, 1.82) is 0 Å². The number of hydrogen-bond acceptors (Lipinski definition) is 5. The zero-order valence-electron chi connectivity index (χ0n) is 13.8. The second-order valence-corrected chi connectivity index (χ2v) is 10.4. The summed E-state index contributed by atoms with van der Waals surface area (Å²) < 4.78 is 35.8. The molecule has 0 amide bonds. The molecule has 0 fully saturated rings. The van der Waals surface area contributed by atoms with Crippen LogP contribution in [0.2, 0.25) is 0 Å². The van der Waals surface area contributed by atoms with Gasteiger partial charge in [0.05, 0.1) is 31.5 Å². The summed E-state index contributed by atoms with van der Waals surface area (Å²) in [6.07, 6.45) is 0. The third kappa shape index (κ3) is 4.69. The fraction of sp³-hybridized carbons (Fsp3) is 0.923. The van der Waals surface area contributed by atoms with E-state index in [1.165, 1.54) is 0 Å². The molecule has 0 aliphatic carbocycles. The first-order chi connectivity index (χ1) is 9.34. The van der Waals surface area contributed by atoms with Crippen LogP contribution < -0.4 is 0 Å². The van der Waals surface area contributed by atoms with Crippen molar-refractivity contribution in [1.82, 2.24) is 0 Å². The van der Waals surface area contributed by atoms with E-state index in [4.69, 9.17) is 18.1 Å². The van der Waals surface area contributed by atoms with Crippen molar-refractivity contribution < 1.29 is 22.7 Å². The van der Waals surface area contributed by atoms with Crippen molar-refractivity contribution in [3.05, 3.63) is 0 Å². The largest absolute Gasteiger partial charge is 0.361 e. The molecule has 0 aromatic carbocycles. The molecule has 0 saturated heterocycles. The van der Waals surface area contributed by atoms with Gasteiger partial charge < -0.3 is 18.1 Å². The molecule has 0 aliphatic heterocycles. The molecule has 7 heteroatoms. The standard InChI is InChI=1S/C13H30O5P2/c1-8-15-19(12(5)6,16-9-2)13(7)20(14,17-10-3)18-11-4/h12H,8-11H2,1-7H3. The molecule has 0 saturated carbocycles. The second kappa shape index (κ2) is 9.40. The summed E-state index contributed by atoms with van der Waals surface area (Å²) in [7, 11) is -5.77. The Balaban J connectivity index is 6.05. The molecule has 0 rings (SSSR count). The van der Waals surface area contributed by atoms with Crippen LogP contribution in [-0.2, 0) is 22.7 Å². The van der Waals surface area contributed by atoms with E-state index in [9.17, 15) is 4.57 Å². The summed E-state index contributed by atoms with van der Waals surface area (Å²) in [5.74, 6) is 0. The Hall–Kier alpha value is 0.370. The molecule has 0 unspecified atom stereocenters. The summed E-state index contributed by atoms with van der Waals surface area (Å²) in [5.41, 5.74) is 0.0941. The molecule has 0 radical (unpaired) electrons. The van der Waals surface area contributed by atoms with Crippen LogP contribution >= 0.6 is 14.9 Å². The summed E-state index contributed by atoms with van der Waals surface area (Å²) in [5, 5.41) is 0.590. The average Bonchev–Trinajstić information content (AvgIpc) is 2.37. The van der Waals surface area contributed by atoms with Gasteiger partial charge in [0.25, 0.3) is 0 Å². The molecular formula is C13H30O5P2. The van der Waals surface area contributed by atoms with Crippen LogP contribution in [-0.4, -0.2) is 37.1 Å². The number of rotatable bonds is 10. The Labute approximate surface area is 124 Å². The van der Waals surface area contributed by atoms with Gasteiger partial charge in [0.1, 0.15) is 7.34 Å². The summed E-state index contributed by atoms with van der Waals surface area (Å²) in [6, 6.07) is 0. The molecule has 0 aromatic rings. The van der Waals surface area contributed by atoms with Crippen molar-refractivity contribution in [2.75, 3.05) is 26.4 Å². The van der Waals surface area contributed by atoms with Crippen molar-refractivity contribution in [3.63, 3.8) is 0 Å². The Bertz CT molecular complexity index is 359. The van der Waals surface area contributed by atoms with E-state index >= 15 is 0 Å². The fourth-order valence-electron chi connectivity index (χ4n) is 2.01. The van der Waals surface area contributed by atoms with Crippen molar-refractivity contribution in [2.45, 2.75) is 54.1 Å². The van der Waals surface area contributed by atoms with Gasteiger partial charge in [-0.05, 0) is 34.6 Å². The average molecular weight is 328 g/mol. The van der Waals surface area contributed by atoms with Gasteiger partial charge in [0, 0.05) is 5.66 Å². The predicted molar refractivity (Wildman–Crippen MR) is 86.8 cm³/mol. The first-order valence-corrected chi connectivity index (χ1v) is 10.5. The molecule has 20 heavy (non-hydrogen) atoms. The minimum atomic E-state index is -3.33. The lowest BCUT2D eigenvalue weighted by Crippen LogP contribution is -2.16. The van der Waals surface area contributed by atoms with Gasteiger partial charge in [-0.2, -0.15) is 0 Å². The molecule has 0 aliphatic rings. The van der Waals surface area contributed by atoms with Gasteiger partial charge in [-0.3, -0.25) is 4.57 Å². The third-order valence-corrected chi connectivity index (χ3v) is 9.87. The van der Waals surface area contributed by atoms with Crippen molar-refractivity contribution >= 4 is 20.0 Å². The summed E-state index contributed by atoms with van der Waals surface area (Å²) >= 11 is 0. The zero-order valence-corrected chi connectivity index (χ0v) is 15.6. The highest BCUT2D eigenvalue weighted by Crippen LogP contribution is 2.65. The smallest absolute Gasteiger partial charge is 0.337 e. The minimum Gasteiger partial charge on any atom is -0.337 e. The minimum absolute atomic E-state index is 0.0941. The van der Waals surface area contributed by atoms with E-state index in [1.54, 1.807) is 20.8 Å². The molecule has 5 nitrogen and oxygen atoms in total. The van der Waals surface area contributed by atoms with Crippen molar-refractivity contribution in [3.8, 4) is 0 Å². The lowest BCUT2D eigenvalue weighted by molar-refractivity contribution is 0.231. The van der Waals surface area contributed by atoms with Gasteiger partial charge in [0.15, 0.2) is 0 Å². The van der Waals surface area contributed by atoms with Gasteiger partial charge in [-0.25, -0.2) is 0 Å². The molecular weight excluding hydrogens is 298 g/mol. The van der Waals surface area contributed by atoms with Crippen LogP contribution in [0.3, 0.4) is 0 Å².